The van der Waals surface area contributed by atoms with Crippen LogP contribution in [0.3, 0.4) is 0 Å². The molecule has 1 atom stereocenters. The highest BCUT2D eigenvalue weighted by atomic mass is 16.1. The summed E-state index contributed by atoms with van der Waals surface area (Å²) in [6, 6.07) is 7.47. The highest BCUT2D eigenvalue weighted by Gasteiger charge is 2.27. The summed E-state index contributed by atoms with van der Waals surface area (Å²) in [7, 11) is 0. The molecule has 0 spiro atoms. The summed E-state index contributed by atoms with van der Waals surface area (Å²) in [5, 5.41) is 0. The molecule has 0 N–H and O–H groups in total. The normalized spacial score (nSPS) is 18.7. The van der Waals surface area contributed by atoms with E-state index in [9.17, 15) is 4.79 Å². The number of hydrogen-bond acceptors (Lipinski definition) is 5. The molecule has 23 heavy (non-hydrogen) atoms. The van der Waals surface area contributed by atoms with Crippen molar-refractivity contribution < 1.29 is 4.79 Å². The van der Waals surface area contributed by atoms with Crippen LogP contribution in [0.25, 0.3) is 0 Å². The Morgan fingerprint density at radius 1 is 1.26 bits per heavy atom. The van der Waals surface area contributed by atoms with Gasteiger partial charge in [-0.2, -0.15) is 0 Å². The molecule has 1 saturated heterocycles. The van der Waals surface area contributed by atoms with Crippen molar-refractivity contribution in [2.45, 2.75) is 32.7 Å². The molecule has 1 aliphatic heterocycles. The number of aryl methyl sites for hydroxylation is 1. The predicted molar refractivity (Wildman–Crippen MR) is 88.0 cm³/mol. The van der Waals surface area contributed by atoms with Crippen molar-refractivity contribution in [3.8, 4) is 0 Å². The van der Waals surface area contributed by atoms with E-state index in [0.29, 0.717) is 5.69 Å². The van der Waals surface area contributed by atoms with Crippen LogP contribution in [0.2, 0.25) is 0 Å². The summed E-state index contributed by atoms with van der Waals surface area (Å²) >= 11 is 0. The smallest absolute Gasteiger partial charge is 0.185 e. The van der Waals surface area contributed by atoms with Crippen LogP contribution >= 0.6 is 0 Å². The lowest BCUT2D eigenvalue weighted by Crippen LogP contribution is -2.38. The van der Waals surface area contributed by atoms with E-state index in [1.165, 1.54) is 0 Å². The van der Waals surface area contributed by atoms with Crippen molar-refractivity contribution in [2.75, 3.05) is 13.1 Å². The third-order valence-electron chi connectivity index (χ3n) is 4.26. The minimum atomic E-state index is 0.0335. The molecule has 2 aromatic heterocycles. The molecule has 3 rings (SSSR count). The molecule has 0 saturated carbocycles. The van der Waals surface area contributed by atoms with Crippen molar-refractivity contribution in [3.05, 3.63) is 53.9 Å². The van der Waals surface area contributed by atoms with E-state index < -0.39 is 0 Å². The molecule has 120 valence electrons. The third kappa shape index (κ3) is 3.99. The Hall–Kier alpha value is -2.14. The van der Waals surface area contributed by atoms with Crippen LogP contribution in [0.4, 0.5) is 0 Å². The van der Waals surface area contributed by atoms with Gasteiger partial charge in [-0.05, 0) is 37.6 Å². The van der Waals surface area contributed by atoms with Crippen LogP contribution in [-0.4, -0.2) is 38.7 Å². The van der Waals surface area contributed by atoms with Crippen molar-refractivity contribution in [3.63, 3.8) is 0 Å². The zero-order valence-corrected chi connectivity index (χ0v) is 13.5. The monoisotopic (exact) mass is 310 g/mol. The average molecular weight is 310 g/mol. The number of carbonyl (C=O) groups is 1. The molecule has 3 heterocycles. The van der Waals surface area contributed by atoms with Gasteiger partial charge in [-0.3, -0.25) is 14.7 Å². The lowest BCUT2D eigenvalue weighted by molar-refractivity contribution is 0.0805. The van der Waals surface area contributed by atoms with Gasteiger partial charge in [0.1, 0.15) is 11.5 Å². The summed E-state index contributed by atoms with van der Waals surface area (Å²) in [5.41, 5.74) is 1.61. The van der Waals surface area contributed by atoms with Gasteiger partial charge in [-0.1, -0.05) is 13.0 Å². The number of piperidine rings is 1. The van der Waals surface area contributed by atoms with Crippen LogP contribution in [0.1, 0.15) is 41.8 Å². The van der Waals surface area contributed by atoms with Crippen LogP contribution in [0.15, 0.2) is 36.7 Å². The Bertz CT molecular complexity index is 659. The van der Waals surface area contributed by atoms with Crippen molar-refractivity contribution >= 4 is 5.78 Å². The molecule has 0 aliphatic carbocycles. The van der Waals surface area contributed by atoms with Crippen molar-refractivity contribution in [1.29, 1.82) is 0 Å². The Kier molecular flexibility index (Phi) is 5.08. The number of nitrogens with zero attached hydrogens (tertiary/aromatic N) is 4. The Morgan fingerprint density at radius 2 is 2.17 bits per heavy atom. The molecule has 1 fully saturated rings. The van der Waals surface area contributed by atoms with Gasteiger partial charge in [0.15, 0.2) is 5.78 Å². The minimum absolute atomic E-state index is 0.0335. The first kappa shape index (κ1) is 15.7. The summed E-state index contributed by atoms with van der Waals surface area (Å²) < 4.78 is 0. The zero-order chi connectivity index (χ0) is 16.1. The van der Waals surface area contributed by atoms with Crippen LogP contribution < -0.4 is 0 Å². The number of ketones is 1. The van der Waals surface area contributed by atoms with Gasteiger partial charge < -0.3 is 0 Å². The van der Waals surface area contributed by atoms with E-state index in [-0.39, 0.29) is 11.7 Å². The lowest BCUT2D eigenvalue weighted by atomic mass is 9.92. The fraction of sp³-hybridized carbons (Fsp3) is 0.444. The Labute approximate surface area is 136 Å². The number of likely N-dealkylation sites (tertiary alicyclic amines) is 1. The second-order valence-electron chi connectivity index (χ2n) is 5.97. The molecular weight excluding hydrogens is 288 g/mol. The maximum absolute atomic E-state index is 12.6. The molecule has 0 amide bonds. The van der Waals surface area contributed by atoms with Gasteiger partial charge in [0.2, 0.25) is 0 Å². The Morgan fingerprint density at radius 3 is 2.96 bits per heavy atom. The summed E-state index contributed by atoms with van der Waals surface area (Å²) in [5.74, 6) is 1.07. The fourth-order valence-electron chi connectivity index (χ4n) is 3.06. The largest absolute Gasteiger partial charge is 0.297 e. The van der Waals surface area contributed by atoms with Crippen LogP contribution in [0.5, 0.6) is 0 Å². The number of carbonyl (C=O) groups excluding carboxylic acids is 1. The highest BCUT2D eigenvalue weighted by molar-refractivity contribution is 5.96. The summed E-state index contributed by atoms with van der Waals surface area (Å²) in [4.78, 5) is 27.9. The van der Waals surface area contributed by atoms with Gasteiger partial charge in [-0.15, -0.1) is 0 Å². The van der Waals surface area contributed by atoms with Crippen molar-refractivity contribution in [2.24, 2.45) is 5.92 Å². The van der Waals surface area contributed by atoms with E-state index in [1.54, 1.807) is 12.3 Å². The van der Waals surface area contributed by atoms with Crippen LogP contribution in [-0.2, 0) is 13.0 Å². The zero-order valence-electron chi connectivity index (χ0n) is 13.5. The first-order valence-electron chi connectivity index (χ1n) is 8.24. The number of Topliss-reactive ketones (excluding diaryl/α,β-unsaturated/α-hetero) is 1. The quantitative estimate of drug-likeness (QED) is 0.794. The minimum Gasteiger partial charge on any atom is -0.297 e. The highest BCUT2D eigenvalue weighted by Crippen LogP contribution is 2.21. The van der Waals surface area contributed by atoms with E-state index >= 15 is 0 Å². The summed E-state index contributed by atoms with van der Waals surface area (Å²) in [6.07, 6.45) is 6.32. The molecule has 0 aromatic carbocycles. The lowest BCUT2D eigenvalue weighted by Gasteiger charge is -2.31. The van der Waals surface area contributed by atoms with E-state index in [1.807, 2.05) is 24.4 Å². The molecule has 0 bridgehead atoms. The van der Waals surface area contributed by atoms with E-state index in [2.05, 4.69) is 26.8 Å². The Balaban J connectivity index is 1.65. The van der Waals surface area contributed by atoms with Gasteiger partial charge in [0.25, 0.3) is 0 Å². The predicted octanol–water partition coefficient (Wildman–Crippen LogP) is 2.53. The molecule has 5 heteroatoms. The number of aromatic nitrogens is 3. The maximum Gasteiger partial charge on any atom is 0.185 e. The van der Waals surface area contributed by atoms with E-state index in [0.717, 1.165) is 50.4 Å². The van der Waals surface area contributed by atoms with Crippen LogP contribution in [0, 0.1) is 5.92 Å². The molecule has 2 aromatic rings. The van der Waals surface area contributed by atoms with Gasteiger partial charge in [0.05, 0.1) is 5.69 Å². The SMILES string of the molecule is CCc1nccc(CN2CCCC(C(=O)c3ccccn3)C2)n1. The fourth-order valence-corrected chi connectivity index (χ4v) is 3.06. The summed E-state index contributed by atoms with van der Waals surface area (Å²) in [6.45, 7) is 4.63. The topological polar surface area (TPSA) is 59.0 Å². The maximum atomic E-state index is 12.6. The van der Waals surface area contributed by atoms with Crippen molar-refractivity contribution in [1.82, 2.24) is 19.9 Å². The molecular formula is C18H22N4O. The van der Waals surface area contributed by atoms with Gasteiger partial charge >= 0.3 is 0 Å². The van der Waals surface area contributed by atoms with E-state index in [4.69, 9.17) is 0 Å². The number of rotatable bonds is 5. The first-order chi connectivity index (χ1) is 11.3. The molecule has 5 nitrogen and oxygen atoms in total. The second kappa shape index (κ2) is 7.42. The molecule has 1 unspecified atom stereocenters. The molecule has 0 radical (unpaired) electrons. The number of hydrogen-bond donors (Lipinski definition) is 0. The van der Waals surface area contributed by atoms with Gasteiger partial charge in [0, 0.05) is 37.8 Å². The number of pyridine rings is 1. The standard InChI is InChI=1S/C18H22N4O/c1-2-17-20-10-8-15(21-17)13-22-11-5-6-14(12-22)18(23)16-7-3-4-9-19-16/h3-4,7-10,14H,2,5-6,11-13H2,1H3. The second-order valence-corrected chi connectivity index (χ2v) is 5.97. The first-order valence-corrected chi connectivity index (χ1v) is 8.24. The molecule has 1 aliphatic rings. The third-order valence-corrected chi connectivity index (χ3v) is 4.26. The van der Waals surface area contributed by atoms with Gasteiger partial charge in [-0.25, -0.2) is 9.97 Å². The average Bonchev–Trinajstić information content (AvgIpc) is 2.62.